The second-order valence-electron chi connectivity index (χ2n) is 6.02. The third-order valence-electron chi connectivity index (χ3n) is 3.88. The summed E-state index contributed by atoms with van der Waals surface area (Å²) in [6, 6.07) is 14.8. The minimum Gasteiger partial charge on any atom is -0.497 e. The molecule has 0 atom stereocenters. The number of Topliss-reactive ketones (excluding diaryl/α,β-unsaturated/α-hetero) is 1. The van der Waals surface area contributed by atoms with Crippen molar-refractivity contribution in [2.45, 2.75) is 19.9 Å². The highest BCUT2D eigenvalue weighted by molar-refractivity contribution is 5.95. The fourth-order valence-electron chi connectivity index (χ4n) is 2.47. The molecule has 0 aliphatic heterocycles. The van der Waals surface area contributed by atoms with Crippen molar-refractivity contribution < 1.29 is 14.3 Å². The number of ether oxygens (including phenoxy) is 1. The van der Waals surface area contributed by atoms with Crippen molar-refractivity contribution in [3.63, 3.8) is 0 Å². The molecule has 1 N–H and O–H groups in total. The normalized spacial score (nSPS) is 10.6. The van der Waals surface area contributed by atoms with E-state index in [4.69, 9.17) is 4.74 Å². The van der Waals surface area contributed by atoms with Crippen molar-refractivity contribution >= 4 is 17.4 Å². The lowest BCUT2D eigenvalue weighted by Crippen LogP contribution is -2.24. The number of rotatable bonds is 8. The van der Waals surface area contributed by atoms with Crippen LogP contribution in [0.2, 0.25) is 0 Å². The number of ketones is 1. The number of hydrogen-bond donors (Lipinski definition) is 1. The molecule has 0 aliphatic rings. The second-order valence-corrected chi connectivity index (χ2v) is 6.02. The van der Waals surface area contributed by atoms with Crippen LogP contribution in [0.1, 0.15) is 29.3 Å². The first-order valence-corrected chi connectivity index (χ1v) is 8.20. The molecule has 0 spiro atoms. The largest absolute Gasteiger partial charge is 0.497 e. The van der Waals surface area contributed by atoms with Crippen LogP contribution in [0.15, 0.2) is 48.5 Å². The van der Waals surface area contributed by atoms with Crippen LogP contribution in [-0.2, 0) is 11.3 Å². The van der Waals surface area contributed by atoms with Crippen LogP contribution < -0.4 is 10.1 Å². The zero-order valence-corrected chi connectivity index (χ0v) is 14.9. The molecule has 0 heterocycles. The van der Waals surface area contributed by atoms with E-state index in [1.165, 1.54) is 6.92 Å². The van der Waals surface area contributed by atoms with E-state index in [-0.39, 0.29) is 11.7 Å². The van der Waals surface area contributed by atoms with Crippen molar-refractivity contribution in [3.8, 4) is 5.75 Å². The molecule has 2 rings (SSSR count). The van der Waals surface area contributed by atoms with Gasteiger partial charge in [0, 0.05) is 30.8 Å². The number of carbonyl (C=O) groups excluding carboxylic acids is 2. The summed E-state index contributed by atoms with van der Waals surface area (Å²) in [5.74, 6) is 0.794. The van der Waals surface area contributed by atoms with Crippen LogP contribution in [0, 0.1) is 0 Å². The van der Waals surface area contributed by atoms with Gasteiger partial charge in [-0.3, -0.25) is 9.59 Å². The summed E-state index contributed by atoms with van der Waals surface area (Å²) in [6.45, 7) is 2.91. The van der Waals surface area contributed by atoms with Crippen molar-refractivity contribution in [2.24, 2.45) is 0 Å². The van der Waals surface area contributed by atoms with E-state index in [9.17, 15) is 9.59 Å². The van der Waals surface area contributed by atoms with E-state index in [0.29, 0.717) is 24.2 Å². The van der Waals surface area contributed by atoms with Gasteiger partial charge in [0.1, 0.15) is 5.75 Å². The summed E-state index contributed by atoms with van der Waals surface area (Å²) in [5.41, 5.74) is 2.48. The van der Waals surface area contributed by atoms with Gasteiger partial charge in [-0.25, -0.2) is 0 Å². The Labute approximate surface area is 148 Å². The van der Waals surface area contributed by atoms with Crippen molar-refractivity contribution in [3.05, 3.63) is 59.7 Å². The van der Waals surface area contributed by atoms with Gasteiger partial charge in [-0.15, -0.1) is 0 Å². The van der Waals surface area contributed by atoms with Crippen LogP contribution in [0.4, 0.5) is 5.69 Å². The van der Waals surface area contributed by atoms with Gasteiger partial charge in [-0.05, 0) is 55.9 Å². The molecule has 2 aromatic carbocycles. The SMILES string of the molecule is COc1cccc(CN(C)CCC(=O)Nc2ccc(C(C)=O)cc2)c1. The summed E-state index contributed by atoms with van der Waals surface area (Å²) < 4.78 is 5.22. The van der Waals surface area contributed by atoms with Gasteiger partial charge in [0.05, 0.1) is 7.11 Å². The summed E-state index contributed by atoms with van der Waals surface area (Å²) in [7, 11) is 3.63. The van der Waals surface area contributed by atoms with E-state index < -0.39 is 0 Å². The maximum Gasteiger partial charge on any atom is 0.225 e. The average Bonchev–Trinajstić information content (AvgIpc) is 2.60. The number of hydrogen-bond acceptors (Lipinski definition) is 4. The zero-order chi connectivity index (χ0) is 18.2. The third kappa shape index (κ3) is 6.04. The van der Waals surface area contributed by atoms with Crippen molar-refractivity contribution in [1.82, 2.24) is 4.90 Å². The highest BCUT2D eigenvalue weighted by Crippen LogP contribution is 2.14. The lowest BCUT2D eigenvalue weighted by atomic mass is 10.1. The van der Waals surface area contributed by atoms with Gasteiger partial charge in [0.2, 0.25) is 5.91 Å². The van der Waals surface area contributed by atoms with Gasteiger partial charge < -0.3 is 15.0 Å². The molecule has 5 nitrogen and oxygen atoms in total. The molecule has 0 radical (unpaired) electrons. The summed E-state index contributed by atoms with van der Waals surface area (Å²) in [6.07, 6.45) is 0.398. The molecule has 0 aliphatic carbocycles. The monoisotopic (exact) mass is 340 g/mol. The van der Waals surface area contributed by atoms with Crippen LogP contribution in [0.25, 0.3) is 0 Å². The van der Waals surface area contributed by atoms with Crippen LogP contribution in [0.3, 0.4) is 0 Å². The van der Waals surface area contributed by atoms with Gasteiger partial charge >= 0.3 is 0 Å². The smallest absolute Gasteiger partial charge is 0.225 e. The van der Waals surface area contributed by atoms with E-state index in [1.54, 1.807) is 31.4 Å². The number of carbonyl (C=O) groups is 2. The molecule has 25 heavy (non-hydrogen) atoms. The number of nitrogens with zero attached hydrogens (tertiary/aromatic N) is 1. The number of benzene rings is 2. The first kappa shape index (κ1) is 18.7. The maximum atomic E-state index is 12.1. The van der Waals surface area contributed by atoms with Crippen molar-refractivity contribution in [1.29, 1.82) is 0 Å². The van der Waals surface area contributed by atoms with Crippen LogP contribution in [-0.4, -0.2) is 37.3 Å². The van der Waals surface area contributed by atoms with E-state index in [1.807, 2.05) is 31.3 Å². The number of amides is 1. The Kier molecular flexibility index (Phi) is 6.71. The Morgan fingerprint density at radius 2 is 1.84 bits per heavy atom. The molecule has 0 fully saturated rings. The standard InChI is InChI=1S/C20H24N2O3/c1-15(23)17-7-9-18(10-8-17)21-20(24)11-12-22(2)14-16-5-4-6-19(13-16)25-3/h4-10,13H,11-12,14H2,1-3H3,(H,21,24). The number of nitrogens with one attached hydrogen (secondary N) is 1. The predicted octanol–water partition coefficient (Wildman–Crippen LogP) is 3.36. The predicted molar refractivity (Wildman–Crippen MR) is 99.0 cm³/mol. The topological polar surface area (TPSA) is 58.6 Å². The fraction of sp³-hybridized carbons (Fsp3) is 0.300. The molecule has 2 aromatic rings. The summed E-state index contributed by atoms with van der Waals surface area (Å²) >= 11 is 0. The van der Waals surface area contributed by atoms with E-state index in [0.717, 1.165) is 17.9 Å². The van der Waals surface area contributed by atoms with Gasteiger partial charge in [0.15, 0.2) is 5.78 Å². The Bertz CT molecular complexity index is 726. The second kappa shape index (κ2) is 8.99. The van der Waals surface area contributed by atoms with E-state index >= 15 is 0 Å². The molecule has 0 saturated carbocycles. The third-order valence-corrected chi connectivity index (χ3v) is 3.88. The molecule has 0 aromatic heterocycles. The minimum atomic E-state index is -0.0481. The Morgan fingerprint density at radius 3 is 2.48 bits per heavy atom. The lowest BCUT2D eigenvalue weighted by molar-refractivity contribution is -0.116. The fourth-order valence-corrected chi connectivity index (χ4v) is 2.47. The zero-order valence-electron chi connectivity index (χ0n) is 14.9. The Balaban J connectivity index is 1.79. The maximum absolute atomic E-state index is 12.1. The molecule has 5 heteroatoms. The highest BCUT2D eigenvalue weighted by atomic mass is 16.5. The molecular formula is C20H24N2O3. The Morgan fingerprint density at radius 1 is 1.12 bits per heavy atom. The molecule has 132 valence electrons. The molecule has 0 bridgehead atoms. The van der Waals surface area contributed by atoms with Crippen molar-refractivity contribution in [2.75, 3.05) is 26.0 Å². The van der Waals surface area contributed by atoms with Crippen LogP contribution >= 0.6 is 0 Å². The number of methoxy groups -OCH3 is 1. The number of anilines is 1. The van der Waals surface area contributed by atoms with Crippen LogP contribution in [0.5, 0.6) is 5.75 Å². The molecular weight excluding hydrogens is 316 g/mol. The van der Waals surface area contributed by atoms with E-state index in [2.05, 4.69) is 10.2 Å². The molecule has 0 unspecified atom stereocenters. The first-order valence-electron chi connectivity index (χ1n) is 8.20. The molecule has 1 amide bonds. The van der Waals surface area contributed by atoms with Gasteiger partial charge in [0.25, 0.3) is 0 Å². The summed E-state index contributed by atoms with van der Waals surface area (Å²) in [4.78, 5) is 25.4. The summed E-state index contributed by atoms with van der Waals surface area (Å²) in [5, 5.41) is 2.85. The van der Waals surface area contributed by atoms with Gasteiger partial charge in [-0.2, -0.15) is 0 Å². The average molecular weight is 340 g/mol. The first-order chi connectivity index (χ1) is 12.0. The Hall–Kier alpha value is -2.66. The molecule has 0 saturated heterocycles. The van der Waals surface area contributed by atoms with Gasteiger partial charge in [-0.1, -0.05) is 12.1 Å². The highest BCUT2D eigenvalue weighted by Gasteiger charge is 2.07. The quantitative estimate of drug-likeness (QED) is 0.749. The lowest BCUT2D eigenvalue weighted by Gasteiger charge is -2.17. The minimum absolute atomic E-state index is 0.0112.